The lowest BCUT2D eigenvalue weighted by atomic mass is 10.2. The predicted molar refractivity (Wildman–Crippen MR) is 56.2 cm³/mol. The lowest BCUT2D eigenvalue weighted by Crippen LogP contribution is -1.83. The Morgan fingerprint density at radius 1 is 1.33 bits per heavy atom. The van der Waals surface area contributed by atoms with Crippen LogP contribution in [0.3, 0.4) is 0 Å². The fourth-order valence-electron chi connectivity index (χ4n) is 1.41. The van der Waals surface area contributed by atoms with Gasteiger partial charge in [-0.1, -0.05) is 6.07 Å². The van der Waals surface area contributed by atoms with E-state index < -0.39 is 0 Å². The molecule has 3 heterocycles. The summed E-state index contributed by atoms with van der Waals surface area (Å²) >= 11 is 3.14. The molecule has 3 aromatic rings. The molecule has 0 aliphatic rings. The molecule has 74 valence electrons. The summed E-state index contributed by atoms with van der Waals surface area (Å²) in [4.78, 5) is 4.09. The average molecular weight is 265 g/mol. The first-order valence-corrected chi connectivity index (χ1v) is 5.06. The van der Waals surface area contributed by atoms with Gasteiger partial charge in [-0.05, 0) is 33.2 Å². The zero-order valence-corrected chi connectivity index (χ0v) is 9.05. The van der Waals surface area contributed by atoms with Gasteiger partial charge >= 0.3 is 0 Å². The number of hydrogen-bond donors (Lipinski definition) is 0. The standard InChI is InChI=1S/C9H5BrN4O/c10-9-12-8(15-13-9)6-5-11-14-4-2-1-3-7(6)14/h1-5H. The fraction of sp³-hybridized carbons (Fsp3) is 0. The Hall–Kier alpha value is -1.69. The third kappa shape index (κ3) is 1.33. The highest BCUT2D eigenvalue weighted by Crippen LogP contribution is 2.23. The summed E-state index contributed by atoms with van der Waals surface area (Å²) in [5.74, 6) is 0.461. The Bertz CT molecular complexity index is 615. The number of aromatic nitrogens is 4. The van der Waals surface area contributed by atoms with Gasteiger partial charge in [0.1, 0.15) is 0 Å². The van der Waals surface area contributed by atoms with Crippen molar-refractivity contribution in [1.82, 2.24) is 19.8 Å². The molecule has 0 amide bonds. The maximum absolute atomic E-state index is 5.06. The third-order valence-corrected chi connectivity index (χ3v) is 2.38. The molecule has 6 heteroatoms. The van der Waals surface area contributed by atoms with Crippen molar-refractivity contribution < 1.29 is 4.52 Å². The van der Waals surface area contributed by atoms with E-state index in [1.54, 1.807) is 10.7 Å². The second-order valence-corrected chi connectivity index (χ2v) is 3.67. The van der Waals surface area contributed by atoms with Crippen LogP contribution in [0.4, 0.5) is 0 Å². The van der Waals surface area contributed by atoms with Crippen LogP contribution in [-0.2, 0) is 0 Å². The topological polar surface area (TPSA) is 56.2 Å². The predicted octanol–water partition coefficient (Wildman–Crippen LogP) is 2.15. The highest BCUT2D eigenvalue weighted by molar-refractivity contribution is 9.10. The summed E-state index contributed by atoms with van der Waals surface area (Å²) in [6.45, 7) is 0. The molecule has 0 spiro atoms. The van der Waals surface area contributed by atoms with E-state index >= 15 is 0 Å². The summed E-state index contributed by atoms with van der Waals surface area (Å²) in [7, 11) is 0. The van der Waals surface area contributed by atoms with Crippen LogP contribution >= 0.6 is 15.9 Å². The van der Waals surface area contributed by atoms with Crippen molar-refractivity contribution >= 4 is 21.4 Å². The number of pyridine rings is 1. The molecule has 0 aliphatic heterocycles. The number of rotatable bonds is 1. The molecule has 0 atom stereocenters. The van der Waals surface area contributed by atoms with Gasteiger partial charge in [0.05, 0.1) is 17.3 Å². The molecule has 0 bridgehead atoms. The monoisotopic (exact) mass is 264 g/mol. The number of nitrogens with zero attached hydrogens (tertiary/aromatic N) is 4. The molecule has 0 N–H and O–H groups in total. The normalized spacial score (nSPS) is 11.0. The SMILES string of the molecule is Brc1noc(-c2cnn3ccccc23)n1. The Balaban J connectivity index is 2.27. The molecule has 5 nitrogen and oxygen atoms in total. The van der Waals surface area contributed by atoms with E-state index in [0.29, 0.717) is 10.6 Å². The first kappa shape index (κ1) is 8.60. The number of hydrogen-bond acceptors (Lipinski definition) is 4. The van der Waals surface area contributed by atoms with Gasteiger partial charge in [-0.2, -0.15) is 10.1 Å². The molecule has 0 unspecified atom stereocenters. The van der Waals surface area contributed by atoms with Gasteiger partial charge < -0.3 is 4.52 Å². The molecule has 0 aliphatic carbocycles. The Labute approximate surface area is 92.8 Å². The van der Waals surface area contributed by atoms with Crippen molar-refractivity contribution in [2.45, 2.75) is 0 Å². The zero-order chi connectivity index (χ0) is 10.3. The van der Waals surface area contributed by atoms with Gasteiger partial charge in [0.2, 0.25) is 4.73 Å². The molecule has 0 saturated heterocycles. The summed E-state index contributed by atoms with van der Waals surface area (Å²) in [5.41, 5.74) is 1.77. The van der Waals surface area contributed by atoms with Crippen molar-refractivity contribution in [3.63, 3.8) is 0 Å². The third-order valence-electron chi connectivity index (χ3n) is 2.06. The first-order chi connectivity index (χ1) is 7.34. The minimum Gasteiger partial charge on any atom is -0.333 e. The van der Waals surface area contributed by atoms with Gasteiger partial charge in [-0.25, -0.2) is 4.52 Å². The molecule has 0 fully saturated rings. The minimum atomic E-state index is 0.438. The van der Waals surface area contributed by atoms with Gasteiger partial charge in [0.15, 0.2) is 0 Å². The van der Waals surface area contributed by atoms with Crippen molar-refractivity contribution in [3.05, 3.63) is 35.3 Å². The minimum absolute atomic E-state index is 0.438. The van der Waals surface area contributed by atoms with Gasteiger partial charge in [0, 0.05) is 6.20 Å². The summed E-state index contributed by atoms with van der Waals surface area (Å²) in [6.07, 6.45) is 3.57. The van der Waals surface area contributed by atoms with E-state index in [4.69, 9.17) is 4.52 Å². The van der Waals surface area contributed by atoms with Crippen molar-refractivity contribution in [2.24, 2.45) is 0 Å². The van der Waals surface area contributed by atoms with E-state index in [1.807, 2.05) is 24.4 Å². The number of fused-ring (bicyclic) bond motifs is 1. The van der Waals surface area contributed by atoms with Crippen LogP contribution in [0.25, 0.3) is 17.0 Å². The lowest BCUT2D eigenvalue weighted by molar-refractivity contribution is 0.426. The van der Waals surface area contributed by atoms with Crippen LogP contribution in [0, 0.1) is 0 Å². The van der Waals surface area contributed by atoms with Gasteiger partial charge in [0.25, 0.3) is 5.89 Å². The van der Waals surface area contributed by atoms with Crippen molar-refractivity contribution in [3.8, 4) is 11.5 Å². The second-order valence-electron chi connectivity index (χ2n) is 2.96. The van der Waals surface area contributed by atoms with Crippen LogP contribution in [0.1, 0.15) is 0 Å². The summed E-state index contributed by atoms with van der Waals surface area (Å²) < 4.78 is 7.25. The van der Waals surface area contributed by atoms with Crippen LogP contribution in [0.2, 0.25) is 0 Å². The molecule has 3 rings (SSSR count). The smallest absolute Gasteiger partial charge is 0.262 e. The molecule has 3 aromatic heterocycles. The molecular formula is C9H5BrN4O. The van der Waals surface area contributed by atoms with Crippen LogP contribution in [0.5, 0.6) is 0 Å². The Morgan fingerprint density at radius 2 is 2.27 bits per heavy atom. The first-order valence-electron chi connectivity index (χ1n) is 4.26. The summed E-state index contributed by atoms with van der Waals surface area (Å²) in [5, 5.41) is 7.85. The zero-order valence-electron chi connectivity index (χ0n) is 7.46. The quantitative estimate of drug-likeness (QED) is 0.676. The molecule has 0 saturated carbocycles. The Morgan fingerprint density at radius 3 is 3.07 bits per heavy atom. The van der Waals surface area contributed by atoms with E-state index in [-0.39, 0.29) is 0 Å². The lowest BCUT2D eigenvalue weighted by Gasteiger charge is -1.91. The van der Waals surface area contributed by atoms with E-state index in [2.05, 4.69) is 31.2 Å². The van der Waals surface area contributed by atoms with Crippen LogP contribution in [0.15, 0.2) is 39.8 Å². The molecular weight excluding hydrogens is 260 g/mol. The van der Waals surface area contributed by atoms with E-state index in [1.165, 1.54) is 0 Å². The highest BCUT2D eigenvalue weighted by atomic mass is 79.9. The van der Waals surface area contributed by atoms with Gasteiger partial charge in [-0.15, -0.1) is 0 Å². The number of halogens is 1. The van der Waals surface area contributed by atoms with Crippen LogP contribution in [-0.4, -0.2) is 19.8 Å². The molecule has 0 radical (unpaired) electrons. The fourth-order valence-corrected chi connectivity index (χ4v) is 1.65. The largest absolute Gasteiger partial charge is 0.333 e. The van der Waals surface area contributed by atoms with Crippen molar-refractivity contribution in [1.29, 1.82) is 0 Å². The maximum Gasteiger partial charge on any atom is 0.262 e. The van der Waals surface area contributed by atoms with E-state index in [9.17, 15) is 0 Å². The Kier molecular flexibility index (Phi) is 1.81. The maximum atomic E-state index is 5.06. The summed E-state index contributed by atoms with van der Waals surface area (Å²) in [6, 6.07) is 5.79. The second kappa shape index (κ2) is 3.16. The average Bonchev–Trinajstić information content (AvgIpc) is 2.83. The van der Waals surface area contributed by atoms with E-state index in [0.717, 1.165) is 11.1 Å². The molecule has 15 heavy (non-hydrogen) atoms. The van der Waals surface area contributed by atoms with Crippen LogP contribution < -0.4 is 0 Å². The van der Waals surface area contributed by atoms with Crippen molar-refractivity contribution in [2.75, 3.05) is 0 Å². The highest BCUT2D eigenvalue weighted by Gasteiger charge is 2.12. The molecule has 0 aromatic carbocycles. The van der Waals surface area contributed by atoms with Gasteiger partial charge in [-0.3, -0.25) is 0 Å².